The molecule has 0 heterocycles. The van der Waals surface area contributed by atoms with E-state index in [0.29, 0.717) is 0 Å². The van der Waals surface area contributed by atoms with E-state index in [0.717, 1.165) is 0 Å². The zero-order valence-electron chi connectivity index (χ0n) is 8.99. The van der Waals surface area contributed by atoms with Gasteiger partial charge in [0.05, 0.1) is 18.9 Å². The maximum atomic E-state index is 11.1. The molecule has 0 aromatic heterocycles. The van der Waals surface area contributed by atoms with Crippen LogP contribution in [0.2, 0.25) is 0 Å². The number of carbonyl (C=O) groups is 3. The summed E-state index contributed by atoms with van der Waals surface area (Å²) in [6.45, 7) is 4.36. The normalized spacial score (nSPS) is 12.4. The van der Waals surface area contributed by atoms with Gasteiger partial charge in [0.1, 0.15) is 11.6 Å². The Morgan fingerprint density at radius 1 is 1.14 bits per heavy atom. The Labute approximate surface area is 83.6 Å². The topological polar surface area (TPSA) is 60.4 Å². The summed E-state index contributed by atoms with van der Waals surface area (Å²) in [5, 5.41) is 0. The van der Waals surface area contributed by atoms with Gasteiger partial charge in [-0.25, -0.2) is 0 Å². The molecule has 4 heteroatoms. The summed E-state index contributed by atoms with van der Waals surface area (Å²) in [6, 6.07) is 0. The molecule has 80 valence electrons. The lowest BCUT2D eigenvalue weighted by atomic mass is 9.90. The molecule has 0 bridgehead atoms. The number of esters is 1. The standard InChI is InChI=1S/C10H16O4/c1-6(10(13)14-4)5-9(7(2)11)8(3)12/h6,9H,5H2,1-4H3. The summed E-state index contributed by atoms with van der Waals surface area (Å²) < 4.78 is 4.51. The van der Waals surface area contributed by atoms with Gasteiger partial charge in [-0.2, -0.15) is 0 Å². The van der Waals surface area contributed by atoms with Crippen LogP contribution < -0.4 is 0 Å². The number of hydrogen-bond donors (Lipinski definition) is 0. The van der Waals surface area contributed by atoms with Crippen molar-refractivity contribution in [2.45, 2.75) is 27.2 Å². The molecular formula is C10H16O4. The van der Waals surface area contributed by atoms with Crippen molar-refractivity contribution in [2.24, 2.45) is 11.8 Å². The van der Waals surface area contributed by atoms with Crippen LogP contribution in [0.15, 0.2) is 0 Å². The highest BCUT2D eigenvalue weighted by Gasteiger charge is 2.25. The van der Waals surface area contributed by atoms with Gasteiger partial charge in [0.25, 0.3) is 0 Å². The Kier molecular flexibility index (Phi) is 5.05. The van der Waals surface area contributed by atoms with Crippen molar-refractivity contribution in [3.63, 3.8) is 0 Å². The second-order valence-corrected chi connectivity index (χ2v) is 3.43. The van der Waals surface area contributed by atoms with Crippen LogP contribution in [0.25, 0.3) is 0 Å². The van der Waals surface area contributed by atoms with Crippen molar-refractivity contribution >= 4 is 17.5 Å². The second kappa shape index (κ2) is 5.52. The highest BCUT2D eigenvalue weighted by Crippen LogP contribution is 2.15. The lowest BCUT2D eigenvalue weighted by Gasteiger charge is -2.14. The zero-order valence-corrected chi connectivity index (χ0v) is 8.99. The molecule has 1 atom stereocenters. The summed E-state index contributed by atoms with van der Waals surface area (Å²) >= 11 is 0. The maximum absolute atomic E-state index is 11.1. The van der Waals surface area contributed by atoms with Crippen LogP contribution >= 0.6 is 0 Å². The van der Waals surface area contributed by atoms with E-state index in [9.17, 15) is 14.4 Å². The molecule has 0 aromatic carbocycles. The minimum atomic E-state index is -0.677. The molecule has 0 saturated carbocycles. The van der Waals surface area contributed by atoms with Crippen molar-refractivity contribution in [3.8, 4) is 0 Å². The van der Waals surface area contributed by atoms with Gasteiger partial charge in [-0.05, 0) is 20.3 Å². The van der Waals surface area contributed by atoms with E-state index in [4.69, 9.17) is 0 Å². The zero-order chi connectivity index (χ0) is 11.3. The number of ether oxygens (including phenoxy) is 1. The SMILES string of the molecule is COC(=O)C(C)CC(C(C)=O)C(C)=O. The third-order valence-electron chi connectivity index (χ3n) is 2.17. The van der Waals surface area contributed by atoms with E-state index in [1.165, 1.54) is 21.0 Å². The average Bonchev–Trinajstić information content (AvgIpc) is 2.11. The van der Waals surface area contributed by atoms with Crippen LogP contribution in [0.3, 0.4) is 0 Å². The molecule has 0 N–H and O–H groups in total. The van der Waals surface area contributed by atoms with E-state index < -0.39 is 17.8 Å². The van der Waals surface area contributed by atoms with Crippen LogP contribution in [0, 0.1) is 11.8 Å². The molecule has 0 spiro atoms. The summed E-state index contributed by atoms with van der Waals surface area (Å²) in [5.74, 6) is -1.89. The van der Waals surface area contributed by atoms with Crippen molar-refractivity contribution < 1.29 is 19.1 Å². The number of methoxy groups -OCH3 is 1. The first kappa shape index (κ1) is 12.8. The first-order chi connectivity index (χ1) is 6.40. The van der Waals surface area contributed by atoms with Crippen LogP contribution in [0.5, 0.6) is 0 Å². The predicted octanol–water partition coefficient (Wildman–Crippen LogP) is 0.980. The lowest BCUT2D eigenvalue weighted by molar-refractivity contribution is -0.145. The molecule has 0 aromatic rings. The highest BCUT2D eigenvalue weighted by atomic mass is 16.5. The fourth-order valence-corrected chi connectivity index (χ4v) is 1.27. The van der Waals surface area contributed by atoms with Gasteiger partial charge in [-0.15, -0.1) is 0 Å². The van der Waals surface area contributed by atoms with Crippen molar-refractivity contribution in [2.75, 3.05) is 7.11 Å². The molecule has 0 aliphatic heterocycles. The molecule has 0 aliphatic carbocycles. The van der Waals surface area contributed by atoms with E-state index in [2.05, 4.69) is 4.74 Å². The first-order valence-electron chi connectivity index (χ1n) is 4.48. The minimum absolute atomic E-state index is 0.201. The van der Waals surface area contributed by atoms with E-state index in [1.807, 2.05) is 0 Å². The average molecular weight is 200 g/mol. The van der Waals surface area contributed by atoms with Gasteiger partial charge < -0.3 is 4.74 Å². The van der Waals surface area contributed by atoms with Gasteiger partial charge in [0.2, 0.25) is 0 Å². The Balaban J connectivity index is 4.38. The molecule has 0 saturated heterocycles. The smallest absolute Gasteiger partial charge is 0.308 e. The summed E-state index contributed by atoms with van der Waals surface area (Å²) in [5.41, 5.74) is 0. The first-order valence-corrected chi connectivity index (χ1v) is 4.48. The van der Waals surface area contributed by atoms with Gasteiger partial charge in [-0.3, -0.25) is 14.4 Å². The largest absolute Gasteiger partial charge is 0.469 e. The van der Waals surface area contributed by atoms with Crippen molar-refractivity contribution in [1.82, 2.24) is 0 Å². The molecule has 0 radical (unpaired) electrons. The fourth-order valence-electron chi connectivity index (χ4n) is 1.27. The molecule has 14 heavy (non-hydrogen) atoms. The van der Waals surface area contributed by atoms with E-state index in [-0.39, 0.29) is 18.0 Å². The Hall–Kier alpha value is -1.19. The Morgan fingerprint density at radius 3 is 1.86 bits per heavy atom. The van der Waals surface area contributed by atoms with Crippen LogP contribution in [0.1, 0.15) is 27.2 Å². The fraction of sp³-hybridized carbons (Fsp3) is 0.700. The molecular weight excluding hydrogens is 184 g/mol. The lowest BCUT2D eigenvalue weighted by Crippen LogP contribution is -2.25. The monoisotopic (exact) mass is 200 g/mol. The Morgan fingerprint density at radius 2 is 1.57 bits per heavy atom. The van der Waals surface area contributed by atoms with Gasteiger partial charge in [0, 0.05) is 0 Å². The molecule has 0 amide bonds. The highest BCUT2D eigenvalue weighted by molar-refractivity contribution is 6.00. The molecule has 0 rings (SSSR count). The number of rotatable bonds is 5. The van der Waals surface area contributed by atoms with Crippen LogP contribution in [-0.4, -0.2) is 24.6 Å². The number of hydrogen-bond acceptors (Lipinski definition) is 4. The van der Waals surface area contributed by atoms with Crippen molar-refractivity contribution in [1.29, 1.82) is 0 Å². The number of Topliss-reactive ketones (excluding diaryl/α,β-unsaturated/α-hetero) is 2. The van der Waals surface area contributed by atoms with Gasteiger partial charge >= 0.3 is 5.97 Å². The van der Waals surface area contributed by atoms with Crippen LogP contribution in [0.4, 0.5) is 0 Å². The molecule has 4 nitrogen and oxygen atoms in total. The van der Waals surface area contributed by atoms with E-state index >= 15 is 0 Å². The number of carbonyl (C=O) groups excluding carboxylic acids is 3. The van der Waals surface area contributed by atoms with Crippen molar-refractivity contribution in [3.05, 3.63) is 0 Å². The minimum Gasteiger partial charge on any atom is -0.469 e. The second-order valence-electron chi connectivity index (χ2n) is 3.43. The number of ketones is 2. The third-order valence-corrected chi connectivity index (χ3v) is 2.17. The third kappa shape index (κ3) is 3.68. The van der Waals surface area contributed by atoms with Gasteiger partial charge in [0.15, 0.2) is 0 Å². The molecule has 0 fully saturated rings. The van der Waals surface area contributed by atoms with Crippen LogP contribution in [-0.2, 0) is 19.1 Å². The summed E-state index contributed by atoms with van der Waals surface area (Å²) in [6.07, 6.45) is 0.233. The maximum Gasteiger partial charge on any atom is 0.308 e. The Bertz CT molecular complexity index is 231. The van der Waals surface area contributed by atoms with Gasteiger partial charge in [-0.1, -0.05) is 6.92 Å². The molecule has 0 aliphatic rings. The molecule has 1 unspecified atom stereocenters. The summed E-state index contributed by atoms with van der Waals surface area (Å²) in [4.78, 5) is 33.2. The predicted molar refractivity (Wildman–Crippen MR) is 50.6 cm³/mol. The van der Waals surface area contributed by atoms with E-state index in [1.54, 1.807) is 6.92 Å². The summed E-state index contributed by atoms with van der Waals surface area (Å²) in [7, 11) is 1.29. The quantitative estimate of drug-likeness (QED) is 0.490.